The maximum absolute atomic E-state index is 3.96. The van der Waals surface area contributed by atoms with Gasteiger partial charge in [-0.25, -0.2) is 0 Å². The van der Waals surface area contributed by atoms with E-state index in [0.717, 1.165) is 17.9 Å². The van der Waals surface area contributed by atoms with E-state index >= 15 is 0 Å². The molecule has 0 spiro atoms. The van der Waals surface area contributed by atoms with E-state index in [1.54, 1.807) is 0 Å². The third kappa shape index (κ3) is 3.10. The number of nitrogens with one attached hydrogen (secondary N) is 1. The average molecular weight is 251 g/mol. The Balaban J connectivity index is 1.90. The lowest BCUT2D eigenvalue weighted by Gasteiger charge is -2.41. The Morgan fingerprint density at radius 3 is 2.22 bits per heavy atom. The third-order valence-electron chi connectivity index (χ3n) is 5.71. The zero-order chi connectivity index (χ0) is 13.4. The van der Waals surface area contributed by atoms with Crippen LogP contribution in [0.25, 0.3) is 0 Å². The molecular weight excluding hydrogens is 218 g/mol. The topological polar surface area (TPSA) is 12.0 Å². The first-order valence-electron chi connectivity index (χ1n) is 8.08. The third-order valence-corrected chi connectivity index (χ3v) is 5.71. The van der Waals surface area contributed by atoms with Crippen molar-refractivity contribution in [3.63, 3.8) is 0 Å². The Morgan fingerprint density at radius 1 is 1.11 bits per heavy atom. The van der Waals surface area contributed by atoms with Gasteiger partial charge < -0.3 is 5.32 Å². The van der Waals surface area contributed by atoms with Crippen molar-refractivity contribution < 1.29 is 0 Å². The van der Waals surface area contributed by atoms with E-state index in [1.165, 1.54) is 45.1 Å². The molecule has 0 radical (unpaired) electrons. The lowest BCUT2D eigenvalue weighted by atomic mass is 9.69. The summed E-state index contributed by atoms with van der Waals surface area (Å²) < 4.78 is 0. The summed E-state index contributed by atoms with van der Waals surface area (Å²) in [6, 6.07) is 0.773. The summed E-state index contributed by atoms with van der Waals surface area (Å²) in [5.74, 6) is 1.72. The van der Waals surface area contributed by atoms with Gasteiger partial charge in [0, 0.05) is 12.6 Å². The van der Waals surface area contributed by atoms with Gasteiger partial charge in [-0.05, 0) is 48.3 Å². The molecule has 2 saturated carbocycles. The maximum atomic E-state index is 3.96. The van der Waals surface area contributed by atoms with Crippen LogP contribution in [0.15, 0.2) is 0 Å². The van der Waals surface area contributed by atoms with Crippen molar-refractivity contribution in [3.05, 3.63) is 0 Å². The SMILES string of the molecule is CC(C)C1(CNC2CCCCC2C(C)(C)C)CC1. The molecule has 0 aliphatic heterocycles. The first kappa shape index (κ1) is 14.4. The van der Waals surface area contributed by atoms with Crippen LogP contribution in [0.2, 0.25) is 0 Å². The molecule has 0 aromatic rings. The molecular formula is C17H33N. The van der Waals surface area contributed by atoms with Crippen molar-refractivity contribution in [2.45, 2.75) is 79.2 Å². The van der Waals surface area contributed by atoms with Crippen molar-refractivity contribution in [1.82, 2.24) is 5.32 Å². The minimum absolute atomic E-state index is 0.465. The molecule has 2 unspecified atom stereocenters. The fraction of sp³-hybridized carbons (Fsp3) is 1.00. The van der Waals surface area contributed by atoms with Gasteiger partial charge in [0.2, 0.25) is 0 Å². The lowest BCUT2D eigenvalue weighted by molar-refractivity contribution is 0.123. The predicted molar refractivity (Wildman–Crippen MR) is 79.7 cm³/mol. The largest absolute Gasteiger partial charge is 0.313 e. The Kier molecular flexibility index (Phi) is 4.11. The molecule has 1 nitrogen and oxygen atoms in total. The standard InChI is InChI=1S/C17H33N/c1-13(2)17(10-11-17)12-18-15-9-7-6-8-14(15)16(3,4)5/h13-15,18H,6-12H2,1-5H3. The zero-order valence-electron chi connectivity index (χ0n) is 13.2. The monoisotopic (exact) mass is 251 g/mol. The Morgan fingerprint density at radius 2 is 1.72 bits per heavy atom. The van der Waals surface area contributed by atoms with Crippen molar-refractivity contribution >= 4 is 0 Å². The van der Waals surface area contributed by atoms with E-state index in [9.17, 15) is 0 Å². The van der Waals surface area contributed by atoms with Crippen LogP contribution in [0.4, 0.5) is 0 Å². The van der Waals surface area contributed by atoms with Gasteiger partial charge in [0.15, 0.2) is 0 Å². The molecule has 0 bridgehead atoms. The van der Waals surface area contributed by atoms with Crippen LogP contribution in [-0.4, -0.2) is 12.6 Å². The van der Waals surface area contributed by atoms with E-state index in [1.807, 2.05) is 0 Å². The van der Waals surface area contributed by atoms with E-state index in [2.05, 4.69) is 39.9 Å². The first-order valence-corrected chi connectivity index (χ1v) is 8.08. The van der Waals surface area contributed by atoms with E-state index in [0.29, 0.717) is 10.8 Å². The number of rotatable bonds is 4. The van der Waals surface area contributed by atoms with Crippen LogP contribution >= 0.6 is 0 Å². The minimum atomic E-state index is 0.465. The highest BCUT2D eigenvalue weighted by atomic mass is 15.0. The van der Waals surface area contributed by atoms with Crippen LogP contribution in [0.3, 0.4) is 0 Å². The molecule has 2 aliphatic rings. The summed E-state index contributed by atoms with van der Waals surface area (Å²) in [6.07, 6.45) is 8.59. The zero-order valence-corrected chi connectivity index (χ0v) is 13.2. The summed E-state index contributed by atoms with van der Waals surface area (Å²) in [4.78, 5) is 0. The molecule has 0 saturated heterocycles. The van der Waals surface area contributed by atoms with Gasteiger partial charge in [-0.2, -0.15) is 0 Å². The van der Waals surface area contributed by atoms with Crippen LogP contribution in [0, 0.1) is 22.7 Å². The smallest absolute Gasteiger partial charge is 0.0101 e. The molecule has 0 heterocycles. The summed E-state index contributed by atoms with van der Waals surface area (Å²) >= 11 is 0. The fourth-order valence-corrected chi connectivity index (χ4v) is 3.86. The van der Waals surface area contributed by atoms with Crippen molar-refractivity contribution in [2.75, 3.05) is 6.54 Å². The average Bonchev–Trinajstić information content (AvgIpc) is 3.06. The highest BCUT2D eigenvalue weighted by molar-refractivity contribution is 4.99. The van der Waals surface area contributed by atoms with E-state index in [4.69, 9.17) is 0 Å². The van der Waals surface area contributed by atoms with Gasteiger partial charge in [-0.1, -0.05) is 47.5 Å². The molecule has 2 rings (SSSR count). The summed E-state index contributed by atoms with van der Waals surface area (Å²) in [6.45, 7) is 13.3. The molecule has 2 atom stereocenters. The molecule has 106 valence electrons. The second-order valence-electron chi connectivity index (χ2n) is 8.26. The van der Waals surface area contributed by atoms with Gasteiger partial charge in [-0.15, -0.1) is 0 Å². The highest BCUT2D eigenvalue weighted by Gasteiger charge is 2.46. The van der Waals surface area contributed by atoms with Gasteiger partial charge >= 0.3 is 0 Å². The lowest BCUT2D eigenvalue weighted by Crippen LogP contribution is -2.46. The van der Waals surface area contributed by atoms with Gasteiger partial charge in [0.1, 0.15) is 0 Å². The van der Waals surface area contributed by atoms with Crippen molar-refractivity contribution in [1.29, 1.82) is 0 Å². The maximum Gasteiger partial charge on any atom is 0.0101 e. The van der Waals surface area contributed by atoms with Crippen LogP contribution < -0.4 is 5.32 Å². The normalized spacial score (nSPS) is 31.7. The molecule has 0 aromatic heterocycles. The van der Waals surface area contributed by atoms with E-state index in [-0.39, 0.29) is 0 Å². The van der Waals surface area contributed by atoms with Crippen LogP contribution in [-0.2, 0) is 0 Å². The second-order valence-corrected chi connectivity index (χ2v) is 8.26. The first-order chi connectivity index (χ1) is 8.35. The fourth-order valence-electron chi connectivity index (χ4n) is 3.86. The number of hydrogen-bond acceptors (Lipinski definition) is 1. The van der Waals surface area contributed by atoms with E-state index < -0.39 is 0 Å². The van der Waals surface area contributed by atoms with Crippen LogP contribution in [0.1, 0.15) is 73.1 Å². The molecule has 2 fully saturated rings. The predicted octanol–water partition coefficient (Wildman–Crippen LogP) is 4.62. The molecule has 1 heteroatoms. The Hall–Kier alpha value is -0.0400. The van der Waals surface area contributed by atoms with Gasteiger partial charge in [0.05, 0.1) is 0 Å². The molecule has 2 aliphatic carbocycles. The Bertz CT molecular complexity index is 270. The van der Waals surface area contributed by atoms with Crippen molar-refractivity contribution in [3.8, 4) is 0 Å². The minimum Gasteiger partial charge on any atom is -0.313 e. The van der Waals surface area contributed by atoms with Crippen LogP contribution in [0.5, 0.6) is 0 Å². The molecule has 0 aromatic carbocycles. The van der Waals surface area contributed by atoms with Gasteiger partial charge in [0.25, 0.3) is 0 Å². The second kappa shape index (κ2) is 5.15. The van der Waals surface area contributed by atoms with Crippen molar-refractivity contribution in [2.24, 2.45) is 22.7 Å². The highest BCUT2D eigenvalue weighted by Crippen LogP contribution is 2.51. The quantitative estimate of drug-likeness (QED) is 0.769. The molecule has 0 amide bonds. The van der Waals surface area contributed by atoms with Gasteiger partial charge in [-0.3, -0.25) is 0 Å². The summed E-state index contributed by atoms with van der Waals surface area (Å²) in [5.41, 5.74) is 1.12. The molecule has 1 N–H and O–H groups in total. The summed E-state index contributed by atoms with van der Waals surface area (Å²) in [7, 11) is 0. The Labute approximate surface area is 114 Å². The molecule has 18 heavy (non-hydrogen) atoms. The number of hydrogen-bond donors (Lipinski definition) is 1. The summed E-state index contributed by atoms with van der Waals surface area (Å²) in [5, 5.41) is 3.96.